The summed E-state index contributed by atoms with van der Waals surface area (Å²) in [5.74, 6) is 0. The molecular formula is C20H23F3N2O. The fraction of sp³-hybridized carbons (Fsp3) is 0.350. The topological polar surface area (TPSA) is 41.1 Å². The molecule has 0 aliphatic rings. The number of nitrogens with one attached hydrogen (secondary N) is 2. The number of halogens is 3. The van der Waals surface area contributed by atoms with Crippen molar-refractivity contribution in [2.24, 2.45) is 0 Å². The highest BCUT2D eigenvalue weighted by molar-refractivity contribution is 5.90. The van der Waals surface area contributed by atoms with E-state index in [1.807, 2.05) is 24.3 Å². The molecule has 0 fully saturated rings. The average Bonchev–Trinajstić information content (AvgIpc) is 2.54. The molecule has 3 nitrogen and oxygen atoms in total. The van der Waals surface area contributed by atoms with Gasteiger partial charge < -0.3 is 10.6 Å². The molecule has 2 N–H and O–H groups in total. The lowest BCUT2D eigenvalue weighted by atomic mass is 9.86. The Morgan fingerprint density at radius 2 is 1.69 bits per heavy atom. The summed E-state index contributed by atoms with van der Waals surface area (Å²) in [5, 5.41) is 5.49. The second-order valence-corrected chi connectivity index (χ2v) is 7.12. The molecule has 0 heterocycles. The van der Waals surface area contributed by atoms with Crippen LogP contribution in [0, 0.1) is 0 Å². The number of benzene rings is 2. The minimum Gasteiger partial charge on any atom is -0.338 e. The minimum absolute atomic E-state index is 0.123. The van der Waals surface area contributed by atoms with Gasteiger partial charge in [-0.3, -0.25) is 0 Å². The van der Waals surface area contributed by atoms with Gasteiger partial charge in [0.2, 0.25) is 0 Å². The summed E-state index contributed by atoms with van der Waals surface area (Å²) >= 11 is 0. The van der Waals surface area contributed by atoms with Crippen LogP contribution >= 0.6 is 0 Å². The zero-order valence-corrected chi connectivity index (χ0v) is 15.1. The van der Waals surface area contributed by atoms with Crippen molar-refractivity contribution in [2.75, 3.05) is 11.9 Å². The van der Waals surface area contributed by atoms with Gasteiger partial charge in [0.1, 0.15) is 0 Å². The minimum atomic E-state index is -4.36. The summed E-state index contributed by atoms with van der Waals surface area (Å²) < 4.78 is 38.1. The molecule has 0 aromatic heterocycles. The Morgan fingerprint density at radius 1 is 1.00 bits per heavy atom. The summed E-state index contributed by atoms with van der Waals surface area (Å²) in [6, 6.07) is 12.3. The van der Waals surface area contributed by atoms with Crippen molar-refractivity contribution in [1.82, 2.24) is 5.32 Å². The molecule has 2 aromatic rings. The Balaban J connectivity index is 1.93. The number of carbonyl (C=O) groups is 1. The third kappa shape index (κ3) is 5.51. The summed E-state index contributed by atoms with van der Waals surface area (Å²) in [6.07, 6.45) is -4.05. The first-order valence-electron chi connectivity index (χ1n) is 8.38. The van der Waals surface area contributed by atoms with Crippen LogP contribution < -0.4 is 10.6 Å². The van der Waals surface area contributed by atoms with E-state index in [4.69, 9.17) is 0 Å². The fourth-order valence-electron chi connectivity index (χ4n) is 2.64. The van der Waals surface area contributed by atoms with Crippen LogP contribution in [0.5, 0.6) is 0 Å². The summed E-state index contributed by atoms with van der Waals surface area (Å²) in [5.41, 5.74) is 1.44. The van der Waals surface area contributed by atoms with Crippen molar-refractivity contribution in [2.45, 2.75) is 38.8 Å². The largest absolute Gasteiger partial charge is 0.416 e. The quantitative estimate of drug-likeness (QED) is 0.753. The van der Waals surface area contributed by atoms with Gasteiger partial charge in [-0.25, -0.2) is 4.79 Å². The molecule has 140 valence electrons. The lowest BCUT2D eigenvalue weighted by Gasteiger charge is -2.23. The Bertz CT molecular complexity index is 764. The molecular weight excluding hydrogens is 341 g/mol. The predicted molar refractivity (Wildman–Crippen MR) is 97.3 cm³/mol. The third-order valence-electron chi connectivity index (χ3n) is 3.94. The standard InChI is InChI=1S/C20H23F3N2O/c1-19(2,3)16-9-4-5-10-17(16)25-18(26)24-12-11-14-7-6-8-15(13-14)20(21,22)23/h4-10,13H,11-12H2,1-3H3,(H2,24,25,26). The fourth-order valence-corrected chi connectivity index (χ4v) is 2.64. The Kier molecular flexibility index (Phi) is 5.95. The van der Waals surface area contributed by atoms with E-state index < -0.39 is 11.7 Å². The van der Waals surface area contributed by atoms with Gasteiger partial charge in [-0.05, 0) is 35.1 Å². The molecule has 2 rings (SSSR count). The molecule has 26 heavy (non-hydrogen) atoms. The highest BCUT2D eigenvalue weighted by atomic mass is 19.4. The number of hydrogen-bond donors (Lipinski definition) is 2. The van der Waals surface area contributed by atoms with Crippen LogP contribution in [-0.4, -0.2) is 12.6 Å². The lowest BCUT2D eigenvalue weighted by molar-refractivity contribution is -0.137. The lowest BCUT2D eigenvalue weighted by Crippen LogP contribution is -2.31. The van der Waals surface area contributed by atoms with Gasteiger partial charge in [-0.1, -0.05) is 57.2 Å². The third-order valence-corrected chi connectivity index (χ3v) is 3.94. The first kappa shape index (κ1) is 19.8. The highest BCUT2D eigenvalue weighted by Gasteiger charge is 2.30. The second kappa shape index (κ2) is 7.81. The zero-order chi connectivity index (χ0) is 19.4. The number of amides is 2. The monoisotopic (exact) mass is 364 g/mol. The number of urea groups is 1. The molecule has 0 aliphatic carbocycles. The van der Waals surface area contributed by atoms with E-state index in [1.54, 1.807) is 6.07 Å². The second-order valence-electron chi connectivity index (χ2n) is 7.12. The van der Waals surface area contributed by atoms with Gasteiger partial charge >= 0.3 is 12.2 Å². The number of rotatable bonds is 4. The molecule has 0 atom stereocenters. The summed E-state index contributed by atoms with van der Waals surface area (Å²) in [7, 11) is 0. The first-order valence-corrected chi connectivity index (χ1v) is 8.38. The van der Waals surface area contributed by atoms with Crippen molar-refractivity contribution in [1.29, 1.82) is 0 Å². The Morgan fingerprint density at radius 3 is 2.35 bits per heavy atom. The van der Waals surface area contributed by atoms with Gasteiger partial charge in [0, 0.05) is 12.2 Å². The number of para-hydroxylation sites is 1. The maximum absolute atomic E-state index is 12.7. The molecule has 2 amide bonds. The Hall–Kier alpha value is -2.50. The first-order chi connectivity index (χ1) is 12.1. The van der Waals surface area contributed by atoms with Crippen molar-refractivity contribution in [3.8, 4) is 0 Å². The van der Waals surface area contributed by atoms with Crippen molar-refractivity contribution < 1.29 is 18.0 Å². The van der Waals surface area contributed by atoms with E-state index in [0.29, 0.717) is 12.0 Å². The van der Waals surface area contributed by atoms with Crippen LogP contribution in [0.4, 0.5) is 23.7 Å². The number of alkyl halides is 3. The van der Waals surface area contributed by atoms with Gasteiger partial charge in [0.25, 0.3) is 0 Å². The maximum Gasteiger partial charge on any atom is 0.416 e. The van der Waals surface area contributed by atoms with Crippen LogP contribution in [0.15, 0.2) is 48.5 Å². The van der Waals surface area contributed by atoms with Crippen LogP contribution in [0.3, 0.4) is 0 Å². The van der Waals surface area contributed by atoms with Crippen LogP contribution in [0.25, 0.3) is 0 Å². The van der Waals surface area contributed by atoms with Crippen LogP contribution in [-0.2, 0) is 18.0 Å². The van der Waals surface area contributed by atoms with E-state index in [0.717, 1.165) is 23.4 Å². The van der Waals surface area contributed by atoms with Gasteiger partial charge in [-0.15, -0.1) is 0 Å². The normalized spacial score (nSPS) is 11.9. The summed E-state index contributed by atoms with van der Waals surface area (Å²) in [4.78, 5) is 12.1. The number of carbonyl (C=O) groups excluding carboxylic acids is 1. The molecule has 2 aromatic carbocycles. The molecule has 0 radical (unpaired) electrons. The molecule has 0 unspecified atom stereocenters. The van der Waals surface area contributed by atoms with Gasteiger partial charge in [-0.2, -0.15) is 13.2 Å². The summed E-state index contributed by atoms with van der Waals surface area (Å²) in [6.45, 7) is 6.40. The molecule has 0 spiro atoms. The maximum atomic E-state index is 12.7. The zero-order valence-electron chi connectivity index (χ0n) is 15.1. The molecule has 6 heteroatoms. The predicted octanol–water partition coefficient (Wildman–Crippen LogP) is 5.37. The van der Waals surface area contributed by atoms with Crippen LogP contribution in [0.2, 0.25) is 0 Å². The molecule has 0 saturated heterocycles. The molecule has 0 aliphatic heterocycles. The number of anilines is 1. The SMILES string of the molecule is CC(C)(C)c1ccccc1NC(=O)NCCc1cccc(C(F)(F)F)c1. The van der Waals surface area contributed by atoms with Crippen molar-refractivity contribution in [3.63, 3.8) is 0 Å². The molecule has 0 saturated carbocycles. The highest BCUT2D eigenvalue weighted by Crippen LogP contribution is 2.30. The van der Waals surface area contributed by atoms with Crippen LogP contribution in [0.1, 0.15) is 37.5 Å². The Labute approximate surface area is 151 Å². The number of hydrogen-bond acceptors (Lipinski definition) is 1. The van der Waals surface area contributed by atoms with E-state index in [-0.39, 0.29) is 18.0 Å². The van der Waals surface area contributed by atoms with Crippen molar-refractivity contribution >= 4 is 11.7 Å². The van der Waals surface area contributed by atoms with Gasteiger partial charge in [0.05, 0.1) is 5.56 Å². The van der Waals surface area contributed by atoms with E-state index in [2.05, 4.69) is 31.4 Å². The average molecular weight is 364 g/mol. The molecule has 0 bridgehead atoms. The van der Waals surface area contributed by atoms with E-state index >= 15 is 0 Å². The smallest absolute Gasteiger partial charge is 0.338 e. The van der Waals surface area contributed by atoms with Gasteiger partial charge in [0.15, 0.2) is 0 Å². The van der Waals surface area contributed by atoms with Crippen molar-refractivity contribution in [3.05, 3.63) is 65.2 Å². The van der Waals surface area contributed by atoms with E-state index in [1.165, 1.54) is 6.07 Å². The van der Waals surface area contributed by atoms with E-state index in [9.17, 15) is 18.0 Å².